The highest BCUT2D eigenvalue weighted by molar-refractivity contribution is 5.99. The molecule has 2 N–H and O–H groups in total. The van der Waals surface area contributed by atoms with Gasteiger partial charge in [-0.1, -0.05) is 0 Å². The van der Waals surface area contributed by atoms with E-state index in [0.29, 0.717) is 19.1 Å². The zero-order valence-corrected chi connectivity index (χ0v) is 14.4. The third-order valence-corrected chi connectivity index (χ3v) is 3.28. The van der Waals surface area contributed by atoms with Crippen LogP contribution >= 0.6 is 0 Å². The molecule has 1 amide bonds. The average molecular weight is 361 g/mol. The predicted molar refractivity (Wildman–Crippen MR) is 93.7 cm³/mol. The predicted octanol–water partition coefficient (Wildman–Crippen LogP) is 1.63. The zero-order valence-electron chi connectivity index (χ0n) is 14.4. The molecule has 0 spiro atoms. The van der Waals surface area contributed by atoms with Gasteiger partial charge < -0.3 is 20.1 Å². The van der Waals surface area contributed by atoms with Gasteiger partial charge in [-0.15, -0.1) is 0 Å². The largest absolute Gasteiger partial charge is 0.493 e. The number of hydrogen-bond acceptors (Lipinski definition) is 8. The van der Waals surface area contributed by atoms with Crippen LogP contribution < -0.4 is 20.1 Å². The number of carbonyl (C=O) groups is 1. The Balaban J connectivity index is 2.07. The van der Waals surface area contributed by atoms with Gasteiger partial charge in [0.05, 0.1) is 24.7 Å². The smallest absolute Gasteiger partial charge is 0.286 e. The number of benzene rings is 1. The third kappa shape index (κ3) is 4.79. The Morgan fingerprint density at radius 3 is 2.58 bits per heavy atom. The number of hydrogen-bond donors (Lipinski definition) is 2. The van der Waals surface area contributed by atoms with Crippen molar-refractivity contribution in [3.63, 3.8) is 0 Å². The first kappa shape index (κ1) is 18.9. The summed E-state index contributed by atoms with van der Waals surface area (Å²) < 4.78 is 10.5. The Morgan fingerprint density at radius 2 is 1.96 bits per heavy atom. The Labute approximate surface area is 149 Å². The molecule has 0 saturated carbocycles. The number of ether oxygens (including phenoxy) is 2. The van der Waals surface area contributed by atoms with Crippen LogP contribution in [0.3, 0.4) is 0 Å². The van der Waals surface area contributed by atoms with Gasteiger partial charge in [-0.05, 0) is 13.0 Å². The number of methoxy groups -OCH3 is 1. The van der Waals surface area contributed by atoms with Crippen LogP contribution in [0.2, 0.25) is 0 Å². The maximum Gasteiger partial charge on any atom is 0.286 e. The summed E-state index contributed by atoms with van der Waals surface area (Å²) in [6, 6.07) is 4.17. The van der Waals surface area contributed by atoms with Crippen molar-refractivity contribution >= 4 is 17.5 Å². The number of nitrogens with one attached hydrogen (secondary N) is 2. The van der Waals surface area contributed by atoms with Crippen LogP contribution in [0, 0.1) is 10.1 Å². The molecule has 0 aliphatic rings. The average Bonchev–Trinajstić information content (AvgIpc) is 2.65. The lowest BCUT2D eigenvalue weighted by atomic mass is 10.1. The van der Waals surface area contributed by atoms with Crippen molar-refractivity contribution in [3.8, 4) is 11.5 Å². The molecule has 0 radical (unpaired) electrons. The first-order chi connectivity index (χ1) is 12.6. The normalized spacial score (nSPS) is 10.1. The molecule has 2 aromatic rings. The number of nitro groups is 1. The molecular formula is C16H19N5O5. The molecule has 2 rings (SSSR count). The van der Waals surface area contributed by atoms with E-state index in [-0.39, 0.29) is 29.3 Å². The third-order valence-electron chi connectivity index (χ3n) is 3.28. The standard InChI is InChI=1S/C16H19N5O5/c1-3-26-14-10-12(21(23)24)11(9-13(14)25-2)15(22)17-7-8-20-16-18-5-4-6-19-16/h4-6,9-10H,3,7-8H2,1-2H3,(H,17,22)(H,18,19,20). The van der Waals surface area contributed by atoms with Crippen molar-refractivity contribution in [2.45, 2.75) is 6.92 Å². The second-order valence-corrected chi connectivity index (χ2v) is 4.97. The van der Waals surface area contributed by atoms with Crippen molar-refractivity contribution in [1.82, 2.24) is 15.3 Å². The van der Waals surface area contributed by atoms with Crippen LogP contribution in [0.1, 0.15) is 17.3 Å². The van der Waals surface area contributed by atoms with Gasteiger partial charge in [0.2, 0.25) is 5.95 Å². The van der Waals surface area contributed by atoms with E-state index in [4.69, 9.17) is 9.47 Å². The quantitative estimate of drug-likeness (QED) is 0.392. The van der Waals surface area contributed by atoms with Crippen molar-refractivity contribution in [2.24, 2.45) is 0 Å². The zero-order chi connectivity index (χ0) is 18.9. The monoisotopic (exact) mass is 361 g/mol. The fraction of sp³-hybridized carbons (Fsp3) is 0.312. The highest BCUT2D eigenvalue weighted by Gasteiger charge is 2.24. The van der Waals surface area contributed by atoms with Gasteiger partial charge in [0.25, 0.3) is 11.6 Å². The summed E-state index contributed by atoms with van der Waals surface area (Å²) in [7, 11) is 1.40. The van der Waals surface area contributed by atoms with Gasteiger partial charge in [0.15, 0.2) is 11.5 Å². The number of carbonyl (C=O) groups excluding carboxylic acids is 1. The summed E-state index contributed by atoms with van der Waals surface area (Å²) in [5.74, 6) is 0.295. The Morgan fingerprint density at radius 1 is 1.23 bits per heavy atom. The van der Waals surface area contributed by atoms with Crippen molar-refractivity contribution in [1.29, 1.82) is 0 Å². The lowest BCUT2D eigenvalue weighted by molar-refractivity contribution is -0.385. The molecule has 1 aromatic carbocycles. The molecule has 0 bridgehead atoms. The topological polar surface area (TPSA) is 129 Å². The van der Waals surface area contributed by atoms with Crippen molar-refractivity contribution < 1.29 is 19.2 Å². The summed E-state index contributed by atoms with van der Waals surface area (Å²) in [5.41, 5.74) is -0.461. The number of nitrogens with zero attached hydrogens (tertiary/aromatic N) is 3. The molecule has 0 atom stereocenters. The Bertz CT molecular complexity index is 769. The number of anilines is 1. The van der Waals surface area contributed by atoms with Crippen LogP contribution in [-0.2, 0) is 0 Å². The van der Waals surface area contributed by atoms with Gasteiger partial charge in [-0.25, -0.2) is 9.97 Å². The van der Waals surface area contributed by atoms with Gasteiger partial charge >= 0.3 is 0 Å². The number of amides is 1. The lowest BCUT2D eigenvalue weighted by Gasteiger charge is -2.12. The SMILES string of the molecule is CCOc1cc([N+](=O)[O-])c(C(=O)NCCNc2ncccn2)cc1OC. The van der Waals surface area contributed by atoms with E-state index in [1.54, 1.807) is 25.4 Å². The maximum atomic E-state index is 12.3. The minimum atomic E-state index is -0.632. The van der Waals surface area contributed by atoms with Crippen LogP contribution in [-0.4, -0.2) is 47.6 Å². The molecule has 10 heteroatoms. The summed E-state index contributed by atoms with van der Waals surface area (Å²) in [6.45, 7) is 2.64. The van der Waals surface area contributed by atoms with Crippen LogP contribution in [0.4, 0.5) is 11.6 Å². The van der Waals surface area contributed by atoms with Gasteiger partial charge in [-0.2, -0.15) is 0 Å². The Kier molecular flexibility index (Phi) is 6.66. The van der Waals surface area contributed by atoms with E-state index in [0.717, 1.165) is 0 Å². The minimum absolute atomic E-state index is 0.105. The molecule has 1 heterocycles. The van der Waals surface area contributed by atoms with Gasteiger partial charge in [-0.3, -0.25) is 14.9 Å². The molecule has 138 valence electrons. The molecule has 0 fully saturated rings. The fourth-order valence-corrected chi connectivity index (χ4v) is 2.15. The van der Waals surface area contributed by atoms with E-state index < -0.39 is 10.8 Å². The lowest BCUT2D eigenvalue weighted by Crippen LogP contribution is -2.29. The fourth-order valence-electron chi connectivity index (χ4n) is 2.15. The van der Waals surface area contributed by atoms with Crippen LogP contribution in [0.5, 0.6) is 11.5 Å². The maximum absolute atomic E-state index is 12.3. The number of rotatable bonds is 9. The second kappa shape index (κ2) is 9.16. The molecule has 0 aliphatic heterocycles. The Hall–Kier alpha value is -3.43. The van der Waals surface area contributed by atoms with E-state index in [9.17, 15) is 14.9 Å². The molecule has 26 heavy (non-hydrogen) atoms. The molecule has 0 aliphatic carbocycles. The van der Waals surface area contributed by atoms with Gasteiger partial charge in [0.1, 0.15) is 5.56 Å². The van der Waals surface area contributed by atoms with Crippen LogP contribution in [0.15, 0.2) is 30.6 Å². The summed E-state index contributed by atoms with van der Waals surface area (Å²) in [5, 5.41) is 16.8. The van der Waals surface area contributed by atoms with Gasteiger partial charge in [0, 0.05) is 31.5 Å². The highest BCUT2D eigenvalue weighted by Crippen LogP contribution is 2.34. The van der Waals surface area contributed by atoms with Crippen molar-refractivity contribution in [3.05, 3.63) is 46.3 Å². The molecular weight excluding hydrogens is 342 g/mol. The number of nitro benzene ring substituents is 1. The second-order valence-electron chi connectivity index (χ2n) is 4.97. The van der Waals surface area contributed by atoms with E-state index >= 15 is 0 Å². The van der Waals surface area contributed by atoms with E-state index in [1.807, 2.05) is 0 Å². The molecule has 0 saturated heterocycles. The van der Waals surface area contributed by atoms with Crippen LogP contribution in [0.25, 0.3) is 0 Å². The van der Waals surface area contributed by atoms with E-state index in [1.165, 1.54) is 19.2 Å². The summed E-state index contributed by atoms with van der Waals surface area (Å²) in [6.07, 6.45) is 3.17. The van der Waals surface area contributed by atoms with Crippen molar-refractivity contribution in [2.75, 3.05) is 32.1 Å². The summed E-state index contributed by atoms with van der Waals surface area (Å²) in [4.78, 5) is 31.0. The first-order valence-corrected chi connectivity index (χ1v) is 7.85. The molecule has 0 unspecified atom stereocenters. The molecule has 10 nitrogen and oxygen atoms in total. The minimum Gasteiger partial charge on any atom is -0.493 e. The first-order valence-electron chi connectivity index (χ1n) is 7.85. The van der Waals surface area contributed by atoms with E-state index in [2.05, 4.69) is 20.6 Å². The highest BCUT2D eigenvalue weighted by atomic mass is 16.6. The molecule has 1 aromatic heterocycles. The number of aromatic nitrogens is 2. The summed E-state index contributed by atoms with van der Waals surface area (Å²) >= 11 is 0.